The number of carbonyl (C=O) groups is 1. The van der Waals surface area contributed by atoms with Crippen LogP contribution in [0.15, 0.2) is 27.6 Å². The molecule has 0 aliphatic carbocycles. The first-order chi connectivity index (χ1) is 10.1. The summed E-state index contributed by atoms with van der Waals surface area (Å²) in [6, 6.07) is 2.94. The number of nitrogens with one attached hydrogen (secondary N) is 1. The van der Waals surface area contributed by atoms with Gasteiger partial charge in [0.2, 0.25) is 5.91 Å². The molecule has 1 N–H and O–H groups in total. The van der Waals surface area contributed by atoms with Crippen molar-refractivity contribution in [3.63, 3.8) is 0 Å². The Labute approximate surface area is 120 Å². The molecule has 0 fully saturated rings. The monoisotopic (exact) mass is 292 g/mol. The highest BCUT2D eigenvalue weighted by molar-refractivity contribution is 5.75. The summed E-state index contributed by atoms with van der Waals surface area (Å²) in [5, 5.41) is 6.34. The first-order valence-electron chi connectivity index (χ1n) is 6.37. The summed E-state index contributed by atoms with van der Waals surface area (Å²) >= 11 is 0. The molecule has 0 aliphatic heterocycles. The Hall–Kier alpha value is -2.48. The molecule has 0 spiro atoms. The Morgan fingerprint density at radius 3 is 2.95 bits per heavy atom. The number of pyridine rings is 1. The zero-order valence-corrected chi connectivity index (χ0v) is 11.8. The van der Waals surface area contributed by atoms with E-state index < -0.39 is 0 Å². The van der Waals surface area contributed by atoms with Gasteiger partial charge in [-0.25, -0.2) is 0 Å². The summed E-state index contributed by atoms with van der Waals surface area (Å²) < 4.78 is 11.2. The Morgan fingerprint density at radius 1 is 1.48 bits per heavy atom. The van der Waals surface area contributed by atoms with Gasteiger partial charge in [-0.2, -0.15) is 4.98 Å². The van der Waals surface area contributed by atoms with E-state index in [1.54, 1.807) is 20.1 Å². The number of hydrogen-bond donors (Lipinski definition) is 1. The molecule has 21 heavy (non-hydrogen) atoms. The maximum Gasteiger partial charge on any atom is 0.259 e. The van der Waals surface area contributed by atoms with E-state index >= 15 is 0 Å². The van der Waals surface area contributed by atoms with Gasteiger partial charge in [0.05, 0.1) is 12.2 Å². The molecule has 0 saturated carbocycles. The van der Waals surface area contributed by atoms with E-state index in [0.717, 1.165) is 0 Å². The number of methoxy groups -OCH3 is 1. The summed E-state index contributed by atoms with van der Waals surface area (Å²) in [5.41, 5.74) is 0.303. The van der Waals surface area contributed by atoms with Gasteiger partial charge >= 0.3 is 0 Å². The number of amides is 1. The SMILES string of the molecule is COCCNC(=O)Cn1cc(-c2nc(C)no2)ccc1=O. The van der Waals surface area contributed by atoms with Crippen LogP contribution in [0.25, 0.3) is 11.5 Å². The number of ether oxygens (including phenoxy) is 1. The average Bonchev–Trinajstić information content (AvgIpc) is 2.88. The van der Waals surface area contributed by atoms with Crippen LogP contribution in [-0.2, 0) is 16.1 Å². The molecule has 2 aromatic heterocycles. The second-order valence-corrected chi connectivity index (χ2v) is 4.37. The molecule has 2 heterocycles. The summed E-state index contributed by atoms with van der Waals surface area (Å²) in [7, 11) is 1.55. The van der Waals surface area contributed by atoms with Crippen molar-refractivity contribution in [3.05, 3.63) is 34.5 Å². The standard InChI is InChI=1S/C13H16N4O4/c1-9-15-13(21-16-9)10-3-4-12(19)17(7-10)8-11(18)14-5-6-20-2/h3-4,7H,5-6,8H2,1-2H3,(H,14,18). The minimum absolute atomic E-state index is 0.0799. The minimum atomic E-state index is -0.281. The largest absolute Gasteiger partial charge is 0.383 e. The van der Waals surface area contributed by atoms with Gasteiger partial charge in [-0.3, -0.25) is 9.59 Å². The number of rotatable bonds is 6. The molecule has 0 radical (unpaired) electrons. The zero-order chi connectivity index (χ0) is 15.2. The van der Waals surface area contributed by atoms with Crippen molar-refractivity contribution in [1.82, 2.24) is 20.0 Å². The van der Waals surface area contributed by atoms with Crippen LogP contribution in [0.5, 0.6) is 0 Å². The molecule has 0 aliphatic rings. The highest BCUT2D eigenvalue weighted by atomic mass is 16.5. The van der Waals surface area contributed by atoms with Crippen LogP contribution in [-0.4, -0.2) is 40.9 Å². The molecule has 8 nitrogen and oxygen atoms in total. The van der Waals surface area contributed by atoms with E-state index in [-0.39, 0.29) is 18.0 Å². The fourth-order valence-corrected chi connectivity index (χ4v) is 1.70. The van der Waals surface area contributed by atoms with Crippen molar-refractivity contribution in [2.45, 2.75) is 13.5 Å². The van der Waals surface area contributed by atoms with Gasteiger partial charge in [-0.1, -0.05) is 5.16 Å². The maximum absolute atomic E-state index is 11.8. The lowest BCUT2D eigenvalue weighted by molar-refractivity contribution is -0.121. The van der Waals surface area contributed by atoms with Crippen LogP contribution < -0.4 is 10.9 Å². The van der Waals surface area contributed by atoms with E-state index in [1.165, 1.54) is 16.8 Å². The van der Waals surface area contributed by atoms with Crippen molar-refractivity contribution in [1.29, 1.82) is 0 Å². The number of nitrogens with zero attached hydrogens (tertiary/aromatic N) is 3. The van der Waals surface area contributed by atoms with Gasteiger partial charge in [0.15, 0.2) is 5.82 Å². The molecule has 0 unspecified atom stereocenters. The summed E-state index contributed by atoms with van der Waals surface area (Å²) in [6.07, 6.45) is 1.52. The Balaban J connectivity index is 2.12. The Bertz CT molecular complexity index is 677. The van der Waals surface area contributed by atoms with E-state index in [9.17, 15) is 9.59 Å². The molecule has 0 atom stereocenters. The zero-order valence-electron chi connectivity index (χ0n) is 11.8. The normalized spacial score (nSPS) is 10.6. The quantitative estimate of drug-likeness (QED) is 0.751. The van der Waals surface area contributed by atoms with Gasteiger partial charge in [-0.15, -0.1) is 0 Å². The van der Waals surface area contributed by atoms with Gasteiger partial charge in [-0.05, 0) is 13.0 Å². The topological polar surface area (TPSA) is 99.2 Å². The van der Waals surface area contributed by atoms with Crippen molar-refractivity contribution in [2.75, 3.05) is 20.3 Å². The molecular weight excluding hydrogens is 276 g/mol. The van der Waals surface area contributed by atoms with Crippen molar-refractivity contribution >= 4 is 5.91 Å². The van der Waals surface area contributed by atoms with Crippen LogP contribution in [0.2, 0.25) is 0 Å². The fraction of sp³-hybridized carbons (Fsp3) is 0.385. The number of aryl methyl sites for hydroxylation is 1. The van der Waals surface area contributed by atoms with Crippen molar-refractivity contribution in [3.8, 4) is 11.5 Å². The summed E-state index contributed by atoms with van der Waals surface area (Å²) in [5.74, 6) is 0.536. The third kappa shape index (κ3) is 3.99. The van der Waals surface area contributed by atoms with E-state index in [0.29, 0.717) is 30.4 Å². The Morgan fingerprint density at radius 2 is 2.29 bits per heavy atom. The van der Waals surface area contributed by atoms with Crippen LogP contribution in [0.4, 0.5) is 0 Å². The smallest absolute Gasteiger partial charge is 0.259 e. The predicted octanol–water partition coefficient (Wildman–Crippen LogP) is -0.0307. The molecular formula is C13H16N4O4. The van der Waals surface area contributed by atoms with Gasteiger partial charge in [0, 0.05) is 25.9 Å². The molecule has 0 aromatic carbocycles. The molecule has 1 amide bonds. The second-order valence-electron chi connectivity index (χ2n) is 4.37. The summed E-state index contributed by atoms with van der Waals surface area (Å²) in [4.78, 5) is 27.6. The van der Waals surface area contributed by atoms with Crippen LogP contribution in [0.3, 0.4) is 0 Å². The van der Waals surface area contributed by atoms with Crippen LogP contribution >= 0.6 is 0 Å². The molecule has 8 heteroatoms. The van der Waals surface area contributed by atoms with Crippen LogP contribution in [0, 0.1) is 6.92 Å². The lowest BCUT2D eigenvalue weighted by Gasteiger charge is -2.07. The molecule has 112 valence electrons. The van der Waals surface area contributed by atoms with Crippen molar-refractivity contribution in [2.24, 2.45) is 0 Å². The molecule has 0 saturated heterocycles. The molecule has 0 bridgehead atoms. The second kappa shape index (κ2) is 6.80. The highest BCUT2D eigenvalue weighted by Crippen LogP contribution is 2.14. The average molecular weight is 292 g/mol. The number of carbonyl (C=O) groups excluding carboxylic acids is 1. The van der Waals surface area contributed by atoms with Crippen LogP contribution in [0.1, 0.15) is 5.82 Å². The lowest BCUT2D eigenvalue weighted by atomic mass is 10.3. The van der Waals surface area contributed by atoms with Gasteiger partial charge < -0.3 is 19.1 Å². The first kappa shape index (κ1) is 14.9. The predicted molar refractivity (Wildman–Crippen MR) is 73.6 cm³/mol. The third-order valence-electron chi connectivity index (χ3n) is 2.70. The third-order valence-corrected chi connectivity index (χ3v) is 2.70. The molecule has 2 rings (SSSR count). The van der Waals surface area contributed by atoms with E-state index in [1.807, 2.05) is 0 Å². The fourth-order valence-electron chi connectivity index (χ4n) is 1.70. The summed E-state index contributed by atoms with van der Waals surface area (Å²) in [6.45, 7) is 2.43. The van der Waals surface area contributed by atoms with E-state index in [4.69, 9.17) is 9.26 Å². The number of hydrogen-bond acceptors (Lipinski definition) is 6. The maximum atomic E-state index is 11.8. The first-order valence-corrected chi connectivity index (χ1v) is 6.37. The van der Waals surface area contributed by atoms with Gasteiger partial charge in [0.25, 0.3) is 11.4 Å². The number of aromatic nitrogens is 3. The van der Waals surface area contributed by atoms with Gasteiger partial charge in [0.1, 0.15) is 6.54 Å². The Kier molecular flexibility index (Phi) is 4.83. The molecule has 2 aromatic rings. The van der Waals surface area contributed by atoms with Crippen molar-refractivity contribution < 1.29 is 14.1 Å². The highest BCUT2D eigenvalue weighted by Gasteiger charge is 2.10. The van der Waals surface area contributed by atoms with E-state index in [2.05, 4.69) is 15.5 Å². The lowest BCUT2D eigenvalue weighted by Crippen LogP contribution is -2.33. The minimum Gasteiger partial charge on any atom is -0.383 e.